The van der Waals surface area contributed by atoms with Crippen LogP contribution in [0.15, 0.2) is 24.4 Å². The molecule has 0 radical (unpaired) electrons. The van der Waals surface area contributed by atoms with Gasteiger partial charge in [0.2, 0.25) is 0 Å². The monoisotopic (exact) mass is 250 g/mol. The van der Waals surface area contributed by atoms with Crippen molar-refractivity contribution in [2.75, 3.05) is 13.1 Å². The van der Waals surface area contributed by atoms with Crippen LogP contribution in [-0.4, -0.2) is 33.4 Å². The Morgan fingerprint density at radius 1 is 1.11 bits per heavy atom. The molecule has 1 saturated heterocycles. The summed E-state index contributed by atoms with van der Waals surface area (Å²) in [5, 5.41) is 31.0. The predicted octanol–water partition coefficient (Wildman–Crippen LogP) is 1.23. The molecule has 0 spiro atoms. The summed E-state index contributed by atoms with van der Waals surface area (Å²) in [6.45, 7) is 2.50. The zero-order valence-corrected chi connectivity index (χ0v) is 10.1. The SMILES string of the molecule is C1CCNC1.Oc1cccc2[nH]cc(C(O)O)c12. The van der Waals surface area contributed by atoms with E-state index >= 15 is 0 Å². The van der Waals surface area contributed by atoms with E-state index in [9.17, 15) is 5.11 Å². The van der Waals surface area contributed by atoms with E-state index in [1.54, 1.807) is 12.1 Å². The lowest BCUT2D eigenvalue weighted by molar-refractivity contribution is -0.0413. The van der Waals surface area contributed by atoms with Crippen molar-refractivity contribution in [3.8, 4) is 5.75 Å². The molecule has 1 aliphatic rings. The molecule has 18 heavy (non-hydrogen) atoms. The van der Waals surface area contributed by atoms with Gasteiger partial charge in [0.15, 0.2) is 6.29 Å². The number of aromatic hydroxyl groups is 1. The predicted molar refractivity (Wildman–Crippen MR) is 69.2 cm³/mol. The molecule has 2 aromatic rings. The van der Waals surface area contributed by atoms with E-state index in [1.165, 1.54) is 38.2 Å². The van der Waals surface area contributed by atoms with Gasteiger partial charge in [0.1, 0.15) is 5.75 Å². The molecule has 5 nitrogen and oxygen atoms in total. The zero-order valence-electron chi connectivity index (χ0n) is 10.1. The second-order valence-corrected chi connectivity index (χ2v) is 4.27. The first kappa shape index (κ1) is 12.9. The fourth-order valence-corrected chi connectivity index (χ4v) is 2.02. The third kappa shape index (κ3) is 2.81. The number of phenols is 1. The van der Waals surface area contributed by atoms with Crippen molar-refractivity contribution in [1.29, 1.82) is 0 Å². The molecule has 0 amide bonds. The maximum Gasteiger partial charge on any atom is 0.180 e. The van der Waals surface area contributed by atoms with Gasteiger partial charge in [-0.1, -0.05) is 6.07 Å². The molecule has 1 aromatic heterocycles. The summed E-state index contributed by atoms with van der Waals surface area (Å²) in [6.07, 6.45) is 2.68. The molecular weight excluding hydrogens is 232 g/mol. The molecule has 5 N–H and O–H groups in total. The Labute approximate surface area is 105 Å². The Kier molecular flexibility index (Phi) is 4.19. The highest BCUT2D eigenvalue weighted by molar-refractivity contribution is 5.89. The van der Waals surface area contributed by atoms with E-state index in [0.29, 0.717) is 10.9 Å². The second kappa shape index (κ2) is 5.86. The van der Waals surface area contributed by atoms with E-state index in [-0.39, 0.29) is 11.3 Å². The molecule has 2 heterocycles. The number of hydrogen-bond donors (Lipinski definition) is 5. The van der Waals surface area contributed by atoms with Crippen molar-refractivity contribution >= 4 is 10.9 Å². The molecule has 3 rings (SSSR count). The average molecular weight is 250 g/mol. The number of nitrogens with one attached hydrogen (secondary N) is 2. The summed E-state index contributed by atoms with van der Waals surface area (Å²) < 4.78 is 0. The van der Waals surface area contributed by atoms with Crippen LogP contribution in [0.25, 0.3) is 10.9 Å². The molecule has 0 aliphatic carbocycles. The topological polar surface area (TPSA) is 88.5 Å². The van der Waals surface area contributed by atoms with Gasteiger partial charge in [-0.25, -0.2) is 0 Å². The Morgan fingerprint density at radius 3 is 2.39 bits per heavy atom. The van der Waals surface area contributed by atoms with Crippen LogP contribution in [0, 0.1) is 0 Å². The van der Waals surface area contributed by atoms with Crippen LogP contribution < -0.4 is 5.32 Å². The fourth-order valence-electron chi connectivity index (χ4n) is 2.02. The van der Waals surface area contributed by atoms with Gasteiger partial charge in [0, 0.05) is 22.7 Å². The lowest BCUT2D eigenvalue weighted by Crippen LogP contribution is -2.03. The fraction of sp³-hybridized carbons (Fsp3) is 0.385. The third-order valence-corrected chi connectivity index (χ3v) is 2.95. The van der Waals surface area contributed by atoms with Crippen molar-refractivity contribution in [2.24, 2.45) is 0 Å². The van der Waals surface area contributed by atoms with Gasteiger partial charge >= 0.3 is 0 Å². The van der Waals surface area contributed by atoms with Gasteiger partial charge in [0.25, 0.3) is 0 Å². The van der Waals surface area contributed by atoms with Crippen molar-refractivity contribution in [2.45, 2.75) is 19.1 Å². The molecule has 0 atom stereocenters. The zero-order chi connectivity index (χ0) is 13.0. The van der Waals surface area contributed by atoms with Crippen molar-refractivity contribution in [3.63, 3.8) is 0 Å². The maximum absolute atomic E-state index is 9.45. The molecule has 0 unspecified atom stereocenters. The summed E-state index contributed by atoms with van der Waals surface area (Å²) in [5.74, 6) is 0.0434. The van der Waals surface area contributed by atoms with E-state index < -0.39 is 6.29 Å². The van der Waals surface area contributed by atoms with E-state index in [0.717, 1.165) is 0 Å². The first-order valence-corrected chi connectivity index (χ1v) is 6.06. The minimum absolute atomic E-state index is 0.0434. The number of aromatic nitrogens is 1. The number of rotatable bonds is 1. The molecule has 5 heteroatoms. The smallest absolute Gasteiger partial charge is 0.180 e. The van der Waals surface area contributed by atoms with Gasteiger partial charge in [-0.15, -0.1) is 0 Å². The van der Waals surface area contributed by atoms with Crippen molar-refractivity contribution in [1.82, 2.24) is 10.3 Å². The molecule has 98 valence electrons. The highest BCUT2D eigenvalue weighted by atomic mass is 16.5. The number of H-pyrrole nitrogens is 1. The number of hydrogen-bond acceptors (Lipinski definition) is 4. The van der Waals surface area contributed by atoms with E-state index in [2.05, 4.69) is 10.3 Å². The Bertz CT molecular complexity index is 496. The molecule has 1 aliphatic heterocycles. The first-order valence-electron chi connectivity index (χ1n) is 6.06. The van der Waals surface area contributed by atoms with Crippen LogP contribution >= 0.6 is 0 Å². The number of aliphatic hydroxyl groups is 2. The van der Waals surface area contributed by atoms with Crippen LogP contribution in [0.3, 0.4) is 0 Å². The number of fused-ring (bicyclic) bond motifs is 1. The lowest BCUT2D eigenvalue weighted by Gasteiger charge is -2.01. The minimum Gasteiger partial charge on any atom is -0.507 e. The second-order valence-electron chi connectivity index (χ2n) is 4.27. The van der Waals surface area contributed by atoms with Gasteiger partial charge in [-0.2, -0.15) is 0 Å². The van der Waals surface area contributed by atoms with Crippen molar-refractivity contribution < 1.29 is 15.3 Å². The standard InChI is InChI=1S/C9H9NO3.C4H9N/c11-7-3-1-2-6-8(7)5(4-10-6)9(12)13;1-2-4-5-3-1/h1-4,9-13H;5H,1-4H2. The van der Waals surface area contributed by atoms with E-state index in [1.807, 2.05) is 0 Å². The maximum atomic E-state index is 9.45. The van der Waals surface area contributed by atoms with Crippen LogP contribution in [-0.2, 0) is 0 Å². The minimum atomic E-state index is -1.57. The molecule has 1 fully saturated rings. The molecular formula is C13H18N2O3. The third-order valence-electron chi connectivity index (χ3n) is 2.95. The molecule has 0 bridgehead atoms. The molecule has 1 aromatic carbocycles. The Hall–Kier alpha value is -1.56. The first-order chi connectivity index (χ1) is 8.70. The number of phenolic OH excluding ortho intramolecular Hbond substituents is 1. The number of aromatic amines is 1. The van der Waals surface area contributed by atoms with Crippen LogP contribution in [0.2, 0.25) is 0 Å². The average Bonchev–Trinajstić information content (AvgIpc) is 3.02. The molecule has 0 saturated carbocycles. The van der Waals surface area contributed by atoms with Crippen LogP contribution in [0.4, 0.5) is 0 Å². The van der Waals surface area contributed by atoms with Crippen molar-refractivity contribution in [3.05, 3.63) is 30.0 Å². The summed E-state index contributed by atoms with van der Waals surface area (Å²) >= 11 is 0. The van der Waals surface area contributed by atoms with Gasteiger partial charge in [-0.3, -0.25) is 0 Å². The van der Waals surface area contributed by atoms with Crippen LogP contribution in [0.5, 0.6) is 5.75 Å². The summed E-state index contributed by atoms with van der Waals surface area (Å²) in [6, 6.07) is 4.94. The normalized spacial score (nSPS) is 14.8. The highest BCUT2D eigenvalue weighted by Crippen LogP contribution is 2.30. The van der Waals surface area contributed by atoms with Gasteiger partial charge in [0.05, 0.1) is 0 Å². The van der Waals surface area contributed by atoms with Crippen LogP contribution in [0.1, 0.15) is 24.7 Å². The number of aliphatic hydroxyl groups excluding tert-OH is 1. The largest absolute Gasteiger partial charge is 0.507 e. The highest BCUT2D eigenvalue weighted by Gasteiger charge is 2.12. The van der Waals surface area contributed by atoms with E-state index in [4.69, 9.17) is 10.2 Å². The van der Waals surface area contributed by atoms with Gasteiger partial charge in [-0.05, 0) is 38.1 Å². The summed E-state index contributed by atoms with van der Waals surface area (Å²) in [5.41, 5.74) is 0.969. The summed E-state index contributed by atoms with van der Waals surface area (Å²) in [7, 11) is 0. The van der Waals surface area contributed by atoms with Gasteiger partial charge < -0.3 is 25.6 Å². The number of benzene rings is 1. The summed E-state index contributed by atoms with van der Waals surface area (Å²) in [4.78, 5) is 2.83. The quantitative estimate of drug-likeness (QED) is 0.492. The lowest BCUT2D eigenvalue weighted by atomic mass is 10.1. The Morgan fingerprint density at radius 2 is 1.83 bits per heavy atom. The Balaban J connectivity index is 0.000000202.